The van der Waals surface area contributed by atoms with Gasteiger partial charge in [-0.3, -0.25) is 5.10 Å². The van der Waals surface area contributed by atoms with E-state index in [4.69, 9.17) is 5.11 Å². The van der Waals surface area contributed by atoms with Crippen LogP contribution in [0.3, 0.4) is 0 Å². The van der Waals surface area contributed by atoms with Crippen molar-refractivity contribution in [2.75, 3.05) is 18.9 Å². The van der Waals surface area contributed by atoms with E-state index < -0.39 is 10.0 Å². The average Bonchev–Trinajstić information content (AvgIpc) is 2.71. The third-order valence-electron chi connectivity index (χ3n) is 2.70. The smallest absolute Gasteiger partial charge is 0.211 e. The van der Waals surface area contributed by atoms with Crippen molar-refractivity contribution in [2.45, 2.75) is 32.6 Å². The fourth-order valence-electron chi connectivity index (χ4n) is 1.61. The molecule has 104 valence electrons. The average molecular weight is 275 g/mol. The number of sulfonamides is 1. The third-order valence-corrected chi connectivity index (χ3v) is 4.17. The van der Waals surface area contributed by atoms with Gasteiger partial charge in [0.15, 0.2) is 0 Å². The first kappa shape index (κ1) is 15.1. The maximum absolute atomic E-state index is 11.5. The summed E-state index contributed by atoms with van der Waals surface area (Å²) in [6.07, 6.45) is 4.34. The van der Waals surface area contributed by atoms with Gasteiger partial charge in [0.05, 0.1) is 11.9 Å². The van der Waals surface area contributed by atoms with Crippen LogP contribution in [0, 0.1) is 6.92 Å². The first-order valence-electron chi connectivity index (χ1n) is 6.12. The van der Waals surface area contributed by atoms with Crippen molar-refractivity contribution >= 4 is 10.0 Å². The van der Waals surface area contributed by atoms with Gasteiger partial charge in [-0.1, -0.05) is 0 Å². The van der Waals surface area contributed by atoms with Crippen LogP contribution in [0.4, 0.5) is 0 Å². The zero-order valence-corrected chi connectivity index (χ0v) is 11.5. The Kier molecular flexibility index (Phi) is 6.31. The van der Waals surface area contributed by atoms with Crippen LogP contribution >= 0.6 is 0 Å². The van der Waals surface area contributed by atoms with Gasteiger partial charge in [0.2, 0.25) is 10.0 Å². The highest BCUT2D eigenvalue weighted by molar-refractivity contribution is 7.89. The molecular weight excluding hydrogens is 254 g/mol. The number of hydrogen-bond donors (Lipinski definition) is 3. The second-order valence-electron chi connectivity index (χ2n) is 4.27. The van der Waals surface area contributed by atoms with Gasteiger partial charge in [-0.2, -0.15) is 5.10 Å². The van der Waals surface area contributed by atoms with Gasteiger partial charge in [-0.05, 0) is 38.2 Å². The lowest BCUT2D eigenvalue weighted by Gasteiger charge is -2.05. The quantitative estimate of drug-likeness (QED) is 0.566. The number of nitrogens with one attached hydrogen (secondary N) is 2. The van der Waals surface area contributed by atoms with E-state index in [1.165, 1.54) is 0 Å². The number of nitrogens with zero attached hydrogens (tertiary/aromatic N) is 1. The van der Waals surface area contributed by atoms with Crippen LogP contribution in [0.2, 0.25) is 0 Å². The number of unbranched alkanes of at least 4 members (excludes halogenated alkanes) is 1. The fourth-order valence-corrected chi connectivity index (χ4v) is 2.79. The lowest BCUT2D eigenvalue weighted by molar-refractivity contribution is 0.287. The molecule has 0 aliphatic carbocycles. The van der Waals surface area contributed by atoms with Crippen molar-refractivity contribution in [1.82, 2.24) is 14.9 Å². The van der Waals surface area contributed by atoms with E-state index in [-0.39, 0.29) is 12.4 Å². The van der Waals surface area contributed by atoms with E-state index in [0.717, 1.165) is 24.1 Å². The van der Waals surface area contributed by atoms with E-state index in [2.05, 4.69) is 14.9 Å². The van der Waals surface area contributed by atoms with E-state index >= 15 is 0 Å². The van der Waals surface area contributed by atoms with Crippen LogP contribution in [-0.2, 0) is 16.4 Å². The molecule has 0 aliphatic rings. The Balaban J connectivity index is 2.19. The molecule has 0 bridgehead atoms. The molecule has 18 heavy (non-hydrogen) atoms. The Morgan fingerprint density at radius 1 is 1.39 bits per heavy atom. The lowest BCUT2D eigenvalue weighted by Crippen LogP contribution is -2.27. The molecule has 6 nitrogen and oxygen atoms in total. The standard InChI is InChI=1S/C11H21N3O3S/c1-10-11(9-12-14-10)5-4-6-13-18(16,17)8-3-2-7-15/h9,13,15H,2-8H2,1H3,(H,12,14). The van der Waals surface area contributed by atoms with Gasteiger partial charge in [0, 0.05) is 18.8 Å². The fraction of sp³-hybridized carbons (Fsp3) is 0.727. The summed E-state index contributed by atoms with van der Waals surface area (Å²) >= 11 is 0. The highest BCUT2D eigenvalue weighted by atomic mass is 32.2. The number of aromatic amines is 1. The summed E-state index contributed by atoms with van der Waals surface area (Å²) in [6.45, 7) is 2.42. The molecule has 3 N–H and O–H groups in total. The molecule has 0 aromatic carbocycles. The SMILES string of the molecule is Cc1[nH]ncc1CCCNS(=O)(=O)CCCCO. The highest BCUT2D eigenvalue weighted by Crippen LogP contribution is 2.05. The Labute approximate surface area is 108 Å². The number of aryl methyl sites for hydroxylation is 2. The summed E-state index contributed by atoms with van der Waals surface area (Å²) in [5.41, 5.74) is 2.15. The Bertz CT molecular complexity index is 442. The minimum absolute atomic E-state index is 0.0370. The molecule has 0 aliphatic heterocycles. The van der Waals surface area contributed by atoms with Crippen LogP contribution in [-0.4, -0.2) is 42.6 Å². The summed E-state index contributed by atoms with van der Waals surface area (Å²) in [5, 5.41) is 15.3. The predicted octanol–water partition coefficient (Wildman–Crippen LogP) is 0.343. The van der Waals surface area contributed by atoms with Gasteiger partial charge < -0.3 is 5.11 Å². The van der Waals surface area contributed by atoms with Crippen molar-refractivity contribution < 1.29 is 13.5 Å². The molecule has 7 heteroatoms. The largest absolute Gasteiger partial charge is 0.396 e. The highest BCUT2D eigenvalue weighted by Gasteiger charge is 2.08. The molecule has 0 radical (unpaired) electrons. The molecule has 0 saturated carbocycles. The van der Waals surface area contributed by atoms with E-state index in [9.17, 15) is 8.42 Å². The van der Waals surface area contributed by atoms with Crippen molar-refractivity contribution in [1.29, 1.82) is 0 Å². The lowest BCUT2D eigenvalue weighted by atomic mass is 10.1. The molecule has 1 heterocycles. The summed E-state index contributed by atoms with van der Waals surface area (Å²) in [7, 11) is -3.19. The number of aromatic nitrogens is 2. The van der Waals surface area contributed by atoms with Crippen molar-refractivity contribution in [3.8, 4) is 0 Å². The minimum Gasteiger partial charge on any atom is -0.396 e. The van der Waals surface area contributed by atoms with E-state index in [1.54, 1.807) is 6.20 Å². The Hall–Kier alpha value is -0.920. The topological polar surface area (TPSA) is 95.1 Å². The molecule has 0 unspecified atom stereocenters. The van der Waals surface area contributed by atoms with E-state index in [0.29, 0.717) is 19.4 Å². The molecular formula is C11H21N3O3S. The zero-order valence-electron chi connectivity index (χ0n) is 10.6. The molecule has 1 rings (SSSR count). The summed E-state index contributed by atoms with van der Waals surface area (Å²) in [4.78, 5) is 0. The van der Waals surface area contributed by atoms with Gasteiger partial charge >= 0.3 is 0 Å². The zero-order chi connectivity index (χ0) is 13.4. The molecule has 0 atom stereocenters. The molecule has 0 spiro atoms. The summed E-state index contributed by atoms with van der Waals surface area (Å²) in [5.74, 6) is 0.0816. The second kappa shape index (κ2) is 7.50. The maximum atomic E-state index is 11.5. The number of rotatable bonds is 9. The minimum atomic E-state index is -3.19. The normalized spacial score (nSPS) is 11.9. The molecule has 0 saturated heterocycles. The summed E-state index contributed by atoms with van der Waals surface area (Å²) < 4.78 is 25.6. The molecule has 1 aromatic heterocycles. The van der Waals surface area contributed by atoms with Crippen LogP contribution in [0.1, 0.15) is 30.5 Å². The van der Waals surface area contributed by atoms with Crippen LogP contribution in [0.25, 0.3) is 0 Å². The van der Waals surface area contributed by atoms with Crippen LogP contribution < -0.4 is 4.72 Å². The third kappa shape index (κ3) is 5.61. The second-order valence-corrected chi connectivity index (χ2v) is 6.19. The molecule has 1 aromatic rings. The monoisotopic (exact) mass is 275 g/mol. The Morgan fingerprint density at radius 2 is 2.17 bits per heavy atom. The summed E-state index contributed by atoms with van der Waals surface area (Å²) in [6, 6.07) is 0. The maximum Gasteiger partial charge on any atom is 0.211 e. The predicted molar refractivity (Wildman–Crippen MR) is 69.8 cm³/mol. The molecule has 0 amide bonds. The van der Waals surface area contributed by atoms with Crippen LogP contribution in [0.15, 0.2) is 6.20 Å². The van der Waals surface area contributed by atoms with E-state index in [1.807, 2.05) is 6.92 Å². The number of H-pyrrole nitrogens is 1. The van der Waals surface area contributed by atoms with Crippen molar-refractivity contribution in [3.63, 3.8) is 0 Å². The number of aliphatic hydroxyl groups excluding tert-OH is 1. The number of aliphatic hydroxyl groups is 1. The van der Waals surface area contributed by atoms with Crippen molar-refractivity contribution in [3.05, 3.63) is 17.5 Å². The van der Waals surface area contributed by atoms with Gasteiger partial charge in [0.1, 0.15) is 0 Å². The van der Waals surface area contributed by atoms with Gasteiger partial charge in [0.25, 0.3) is 0 Å². The van der Waals surface area contributed by atoms with Gasteiger partial charge in [-0.25, -0.2) is 13.1 Å². The Morgan fingerprint density at radius 3 is 2.78 bits per heavy atom. The van der Waals surface area contributed by atoms with Crippen LogP contribution in [0.5, 0.6) is 0 Å². The molecule has 0 fully saturated rings. The van der Waals surface area contributed by atoms with Crippen molar-refractivity contribution in [2.24, 2.45) is 0 Å². The first-order chi connectivity index (χ1) is 8.55. The first-order valence-corrected chi connectivity index (χ1v) is 7.77. The van der Waals surface area contributed by atoms with Gasteiger partial charge in [-0.15, -0.1) is 0 Å². The number of hydrogen-bond acceptors (Lipinski definition) is 4.